The zero-order valence-corrected chi connectivity index (χ0v) is 11.8. The molecule has 0 saturated carbocycles. The Morgan fingerprint density at radius 3 is 2.72 bits per heavy atom. The van der Waals surface area contributed by atoms with E-state index in [1.807, 2.05) is 18.2 Å². The van der Waals surface area contributed by atoms with E-state index in [-0.39, 0.29) is 5.37 Å². The minimum Gasteiger partial charge on any atom is -0.326 e. The van der Waals surface area contributed by atoms with E-state index in [0.29, 0.717) is 11.7 Å². The summed E-state index contributed by atoms with van der Waals surface area (Å²) >= 11 is 1.75. The minimum atomic E-state index is 0.236. The van der Waals surface area contributed by atoms with Crippen LogP contribution >= 0.6 is 11.8 Å². The van der Waals surface area contributed by atoms with E-state index in [2.05, 4.69) is 24.0 Å². The summed E-state index contributed by atoms with van der Waals surface area (Å²) in [6.07, 6.45) is 4.87. The Morgan fingerprint density at radius 1 is 1.22 bits per heavy atom. The first kappa shape index (κ1) is 13.5. The molecule has 1 aromatic rings. The molecule has 1 heterocycles. The molecular formula is C15H21NOS. The molecule has 2 rings (SSSR count). The molecule has 18 heavy (non-hydrogen) atoms. The molecule has 1 saturated heterocycles. The molecule has 1 atom stereocenters. The van der Waals surface area contributed by atoms with Crippen LogP contribution in [-0.4, -0.2) is 23.1 Å². The van der Waals surface area contributed by atoms with E-state index in [4.69, 9.17) is 0 Å². The lowest BCUT2D eigenvalue weighted by molar-refractivity contribution is -0.128. The van der Waals surface area contributed by atoms with Crippen LogP contribution in [0, 0.1) is 0 Å². The number of amides is 1. The zero-order valence-electron chi connectivity index (χ0n) is 11.0. The van der Waals surface area contributed by atoms with Gasteiger partial charge in [-0.1, -0.05) is 56.5 Å². The Kier molecular flexibility index (Phi) is 5.12. The average molecular weight is 263 g/mol. The number of hydrogen-bond acceptors (Lipinski definition) is 2. The second-order valence-corrected chi connectivity index (χ2v) is 5.79. The Hall–Kier alpha value is -0.960. The summed E-state index contributed by atoms with van der Waals surface area (Å²) in [4.78, 5) is 14.0. The van der Waals surface area contributed by atoms with Crippen LogP contribution in [0.15, 0.2) is 30.3 Å². The number of rotatable bonds is 6. The third kappa shape index (κ3) is 3.29. The lowest BCUT2D eigenvalue weighted by atomic mass is 10.1. The third-order valence-electron chi connectivity index (χ3n) is 3.31. The minimum absolute atomic E-state index is 0.236. The molecule has 0 aromatic heterocycles. The zero-order chi connectivity index (χ0) is 12.8. The van der Waals surface area contributed by atoms with Gasteiger partial charge in [0.05, 0.1) is 5.75 Å². The largest absolute Gasteiger partial charge is 0.326 e. The SMILES string of the molecule is CCCCCCN1C(=O)CS[C@H]1c1ccccc1. The molecule has 0 radical (unpaired) electrons. The van der Waals surface area contributed by atoms with Crippen LogP contribution < -0.4 is 0 Å². The maximum absolute atomic E-state index is 11.9. The molecule has 1 amide bonds. The summed E-state index contributed by atoms with van der Waals surface area (Å²) in [6.45, 7) is 3.12. The van der Waals surface area contributed by atoms with Gasteiger partial charge in [-0.25, -0.2) is 0 Å². The number of carbonyl (C=O) groups is 1. The fourth-order valence-electron chi connectivity index (χ4n) is 2.30. The van der Waals surface area contributed by atoms with E-state index in [1.165, 1.54) is 24.8 Å². The van der Waals surface area contributed by atoms with Gasteiger partial charge in [-0.15, -0.1) is 11.8 Å². The highest BCUT2D eigenvalue weighted by molar-refractivity contribution is 8.00. The highest BCUT2D eigenvalue weighted by atomic mass is 32.2. The Balaban J connectivity index is 1.95. The molecular weight excluding hydrogens is 242 g/mol. The molecule has 0 N–H and O–H groups in total. The molecule has 1 aliphatic heterocycles. The fourth-order valence-corrected chi connectivity index (χ4v) is 3.52. The molecule has 2 nitrogen and oxygen atoms in total. The molecule has 0 spiro atoms. The summed E-state index contributed by atoms with van der Waals surface area (Å²) in [7, 11) is 0. The number of thioether (sulfide) groups is 1. The van der Waals surface area contributed by atoms with Crippen molar-refractivity contribution >= 4 is 17.7 Å². The smallest absolute Gasteiger partial charge is 0.233 e. The van der Waals surface area contributed by atoms with Crippen molar-refractivity contribution in [1.29, 1.82) is 0 Å². The maximum Gasteiger partial charge on any atom is 0.233 e. The van der Waals surface area contributed by atoms with E-state index in [1.54, 1.807) is 11.8 Å². The van der Waals surface area contributed by atoms with Gasteiger partial charge in [-0.2, -0.15) is 0 Å². The molecule has 1 fully saturated rings. The normalized spacial score (nSPS) is 19.5. The Labute approximate surface area is 114 Å². The van der Waals surface area contributed by atoms with Crippen LogP contribution in [0.25, 0.3) is 0 Å². The topological polar surface area (TPSA) is 20.3 Å². The monoisotopic (exact) mass is 263 g/mol. The van der Waals surface area contributed by atoms with Gasteiger partial charge in [-0.3, -0.25) is 4.79 Å². The predicted octanol–water partition coefficient (Wildman–Crippen LogP) is 3.84. The maximum atomic E-state index is 11.9. The highest BCUT2D eigenvalue weighted by Crippen LogP contribution is 2.38. The first-order valence-corrected chi connectivity index (χ1v) is 7.84. The van der Waals surface area contributed by atoms with Crippen LogP contribution in [0.3, 0.4) is 0 Å². The van der Waals surface area contributed by atoms with E-state index < -0.39 is 0 Å². The van der Waals surface area contributed by atoms with Crippen molar-refractivity contribution in [2.75, 3.05) is 12.3 Å². The Morgan fingerprint density at radius 2 is 2.00 bits per heavy atom. The molecule has 0 bridgehead atoms. The average Bonchev–Trinajstić information content (AvgIpc) is 2.77. The van der Waals surface area contributed by atoms with Crippen LogP contribution in [0.2, 0.25) is 0 Å². The van der Waals surface area contributed by atoms with Crippen LogP contribution in [0.5, 0.6) is 0 Å². The summed E-state index contributed by atoms with van der Waals surface area (Å²) in [5.74, 6) is 0.929. The van der Waals surface area contributed by atoms with Gasteiger partial charge < -0.3 is 4.90 Å². The molecule has 1 aromatic carbocycles. The van der Waals surface area contributed by atoms with Crippen molar-refractivity contribution in [3.05, 3.63) is 35.9 Å². The lowest BCUT2D eigenvalue weighted by Crippen LogP contribution is -2.29. The fraction of sp³-hybridized carbons (Fsp3) is 0.533. The van der Waals surface area contributed by atoms with Crippen molar-refractivity contribution in [1.82, 2.24) is 4.90 Å². The second-order valence-electron chi connectivity index (χ2n) is 4.72. The van der Waals surface area contributed by atoms with Crippen molar-refractivity contribution in [2.45, 2.75) is 38.0 Å². The molecule has 1 aliphatic rings. The van der Waals surface area contributed by atoms with Gasteiger partial charge in [0, 0.05) is 6.54 Å². The number of nitrogens with zero attached hydrogens (tertiary/aromatic N) is 1. The highest BCUT2D eigenvalue weighted by Gasteiger charge is 2.31. The number of hydrogen-bond donors (Lipinski definition) is 0. The molecule has 3 heteroatoms. The lowest BCUT2D eigenvalue weighted by Gasteiger charge is -2.24. The van der Waals surface area contributed by atoms with E-state index in [9.17, 15) is 4.79 Å². The second kappa shape index (κ2) is 6.83. The third-order valence-corrected chi connectivity index (χ3v) is 4.56. The Bertz CT molecular complexity index is 379. The van der Waals surface area contributed by atoms with Crippen LogP contribution in [0.1, 0.15) is 43.5 Å². The van der Waals surface area contributed by atoms with Crippen molar-refractivity contribution in [2.24, 2.45) is 0 Å². The number of benzene rings is 1. The van der Waals surface area contributed by atoms with Gasteiger partial charge in [0.15, 0.2) is 0 Å². The molecule has 98 valence electrons. The van der Waals surface area contributed by atoms with Crippen molar-refractivity contribution in [3.63, 3.8) is 0 Å². The first-order valence-electron chi connectivity index (χ1n) is 6.79. The molecule has 0 unspecified atom stereocenters. The van der Waals surface area contributed by atoms with Gasteiger partial charge in [-0.05, 0) is 12.0 Å². The van der Waals surface area contributed by atoms with Crippen molar-refractivity contribution < 1.29 is 4.79 Å². The van der Waals surface area contributed by atoms with Gasteiger partial charge in [0.2, 0.25) is 5.91 Å². The van der Waals surface area contributed by atoms with Crippen LogP contribution in [-0.2, 0) is 4.79 Å². The summed E-state index contributed by atoms with van der Waals surface area (Å²) in [5.41, 5.74) is 1.25. The van der Waals surface area contributed by atoms with Gasteiger partial charge in [0.25, 0.3) is 0 Å². The number of unbranched alkanes of at least 4 members (excludes halogenated alkanes) is 3. The summed E-state index contributed by atoms with van der Waals surface area (Å²) in [6, 6.07) is 10.4. The first-order chi connectivity index (χ1) is 8.83. The van der Waals surface area contributed by atoms with E-state index >= 15 is 0 Å². The predicted molar refractivity (Wildman–Crippen MR) is 77.5 cm³/mol. The van der Waals surface area contributed by atoms with Crippen molar-refractivity contribution in [3.8, 4) is 0 Å². The summed E-state index contributed by atoms with van der Waals surface area (Å²) < 4.78 is 0. The summed E-state index contributed by atoms with van der Waals surface area (Å²) in [5, 5.41) is 0.236. The quantitative estimate of drug-likeness (QED) is 0.727. The standard InChI is InChI=1S/C15H21NOS/c1-2-3-4-8-11-16-14(17)12-18-15(16)13-9-6-5-7-10-13/h5-7,9-10,15H,2-4,8,11-12H2,1H3/t15-/m0/s1. The van der Waals surface area contributed by atoms with Gasteiger partial charge >= 0.3 is 0 Å². The van der Waals surface area contributed by atoms with Crippen LogP contribution in [0.4, 0.5) is 0 Å². The van der Waals surface area contributed by atoms with E-state index in [0.717, 1.165) is 13.0 Å². The van der Waals surface area contributed by atoms with Gasteiger partial charge in [0.1, 0.15) is 5.37 Å². The molecule has 0 aliphatic carbocycles. The number of carbonyl (C=O) groups excluding carboxylic acids is 1.